The molecule has 3 heterocycles. The predicted octanol–water partition coefficient (Wildman–Crippen LogP) is 1.53. The third kappa shape index (κ3) is 4.62. The molecule has 1 atom stereocenters. The van der Waals surface area contributed by atoms with Crippen LogP contribution in [0, 0.1) is 11.3 Å². The van der Waals surface area contributed by atoms with Gasteiger partial charge in [-0.25, -0.2) is 4.68 Å². The summed E-state index contributed by atoms with van der Waals surface area (Å²) in [5, 5.41) is 20.5. The van der Waals surface area contributed by atoms with Crippen molar-refractivity contribution in [3.05, 3.63) is 71.0 Å². The summed E-state index contributed by atoms with van der Waals surface area (Å²) in [5.41, 5.74) is 4.79. The highest BCUT2D eigenvalue weighted by Gasteiger charge is 2.27. The van der Waals surface area contributed by atoms with Crippen molar-refractivity contribution in [1.29, 1.82) is 5.26 Å². The van der Waals surface area contributed by atoms with Crippen molar-refractivity contribution >= 4 is 5.91 Å². The molecular weight excluding hydrogens is 418 g/mol. The number of rotatable bonds is 5. The highest BCUT2D eigenvalue weighted by Crippen LogP contribution is 2.29. The van der Waals surface area contributed by atoms with E-state index in [0.717, 1.165) is 49.5 Å². The Labute approximate surface area is 192 Å². The molecule has 168 valence electrons. The fourth-order valence-corrected chi connectivity index (χ4v) is 4.62. The largest absolute Gasteiger partial charge is 0.376 e. The Morgan fingerprint density at radius 3 is 2.67 bits per heavy atom. The number of nitrogens with zero attached hydrogens (tertiary/aromatic N) is 7. The molecule has 2 aromatic carbocycles. The molecule has 2 aliphatic rings. The lowest BCUT2D eigenvalue weighted by molar-refractivity contribution is -0.132. The van der Waals surface area contributed by atoms with Crippen LogP contribution in [0.25, 0.3) is 5.69 Å². The average molecular weight is 444 g/mol. The molecule has 1 fully saturated rings. The SMILES string of the molecule is N#Cc1cccc2c1COCC2CN1CCN(C(=O)Cc2ccc(-n3cnnn3)cc2)CC1. The summed E-state index contributed by atoms with van der Waals surface area (Å²) in [4.78, 5) is 17.2. The number of benzene rings is 2. The number of hydrogen-bond acceptors (Lipinski definition) is 7. The van der Waals surface area contributed by atoms with Gasteiger partial charge < -0.3 is 9.64 Å². The highest BCUT2D eigenvalue weighted by atomic mass is 16.5. The molecule has 0 saturated carbocycles. The van der Waals surface area contributed by atoms with E-state index >= 15 is 0 Å². The fourth-order valence-electron chi connectivity index (χ4n) is 4.62. The van der Waals surface area contributed by atoms with Gasteiger partial charge in [0.2, 0.25) is 5.91 Å². The summed E-state index contributed by atoms with van der Waals surface area (Å²) < 4.78 is 7.38. The van der Waals surface area contributed by atoms with E-state index in [1.165, 1.54) is 5.56 Å². The van der Waals surface area contributed by atoms with Gasteiger partial charge in [0, 0.05) is 38.6 Å². The normalized spacial score (nSPS) is 18.5. The Kier molecular flexibility index (Phi) is 6.11. The third-order valence-electron chi connectivity index (χ3n) is 6.45. The summed E-state index contributed by atoms with van der Waals surface area (Å²) in [6, 6.07) is 15.9. The quantitative estimate of drug-likeness (QED) is 0.590. The van der Waals surface area contributed by atoms with Gasteiger partial charge in [0.05, 0.1) is 37.0 Å². The minimum atomic E-state index is 0.148. The van der Waals surface area contributed by atoms with Gasteiger partial charge in [-0.3, -0.25) is 9.69 Å². The van der Waals surface area contributed by atoms with Crippen molar-refractivity contribution < 1.29 is 9.53 Å². The van der Waals surface area contributed by atoms with Crippen LogP contribution in [-0.2, 0) is 22.6 Å². The van der Waals surface area contributed by atoms with Crippen molar-refractivity contribution in [2.24, 2.45) is 0 Å². The number of carbonyl (C=O) groups is 1. The van der Waals surface area contributed by atoms with Gasteiger partial charge in [0.1, 0.15) is 6.33 Å². The van der Waals surface area contributed by atoms with Crippen LogP contribution < -0.4 is 0 Å². The Bertz CT molecular complexity index is 1150. The maximum absolute atomic E-state index is 12.8. The van der Waals surface area contributed by atoms with Crippen molar-refractivity contribution in [2.75, 3.05) is 39.3 Å². The second-order valence-corrected chi connectivity index (χ2v) is 8.48. The topological polar surface area (TPSA) is 100 Å². The second kappa shape index (κ2) is 9.48. The minimum Gasteiger partial charge on any atom is -0.376 e. The van der Waals surface area contributed by atoms with E-state index in [4.69, 9.17) is 4.74 Å². The third-order valence-corrected chi connectivity index (χ3v) is 6.45. The minimum absolute atomic E-state index is 0.148. The van der Waals surface area contributed by atoms with Crippen LogP contribution in [0.1, 0.15) is 28.2 Å². The van der Waals surface area contributed by atoms with Gasteiger partial charge in [-0.15, -0.1) is 5.10 Å². The number of nitriles is 1. The van der Waals surface area contributed by atoms with Crippen molar-refractivity contribution in [2.45, 2.75) is 18.9 Å². The van der Waals surface area contributed by atoms with E-state index in [9.17, 15) is 10.1 Å². The lowest BCUT2D eigenvalue weighted by Crippen LogP contribution is -2.50. The van der Waals surface area contributed by atoms with E-state index in [1.807, 2.05) is 41.3 Å². The molecule has 0 N–H and O–H groups in total. The zero-order valence-electron chi connectivity index (χ0n) is 18.3. The molecular formula is C24H25N7O2. The molecule has 9 nitrogen and oxygen atoms in total. The first kappa shape index (κ1) is 21.2. The summed E-state index contributed by atoms with van der Waals surface area (Å²) in [6.07, 6.45) is 1.93. The number of hydrogen-bond donors (Lipinski definition) is 0. The molecule has 0 aliphatic carbocycles. The number of amides is 1. The van der Waals surface area contributed by atoms with E-state index < -0.39 is 0 Å². The van der Waals surface area contributed by atoms with Crippen LogP contribution in [0.4, 0.5) is 0 Å². The first-order chi connectivity index (χ1) is 16.2. The van der Waals surface area contributed by atoms with Crippen LogP contribution in [0.15, 0.2) is 48.8 Å². The van der Waals surface area contributed by atoms with Gasteiger partial charge in [-0.05, 0) is 45.3 Å². The van der Waals surface area contributed by atoms with Gasteiger partial charge in [0.25, 0.3) is 0 Å². The van der Waals surface area contributed by atoms with Crippen molar-refractivity contribution in [3.8, 4) is 11.8 Å². The first-order valence-corrected chi connectivity index (χ1v) is 11.1. The Morgan fingerprint density at radius 2 is 1.94 bits per heavy atom. The van der Waals surface area contributed by atoms with Crippen LogP contribution in [0.2, 0.25) is 0 Å². The Balaban J connectivity index is 1.14. The molecule has 3 aromatic rings. The average Bonchev–Trinajstić information content (AvgIpc) is 3.40. The number of ether oxygens (including phenoxy) is 1. The summed E-state index contributed by atoms with van der Waals surface area (Å²) >= 11 is 0. The molecule has 1 amide bonds. The van der Waals surface area contributed by atoms with E-state index in [2.05, 4.69) is 32.6 Å². The molecule has 0 bridgehead atoms. The molecule has 9 heteroatoms. The van der Waals surface area contributed by atoms with Gasteiger partial charge in [-0.1, -0.05) is 24.3 Å². The Hall–Kier alpha value is -3.61. The zero-order valence-corrected chi connectivity index (χ0v) is 18.3. The van der Waals surface area contributed by atoms with Crippen LogP contribution in [-0.4, -0.2) is 75.2 Å². The number of carbonyl (C=O) groups excluding carboxylic acids is 1. The monoisotopic (exact) mass is 443 g/mol. The molecule has 0 radical (unpaired) electrons. The molecule has 1 aromatic heterocycles. The van der Waals surface area contributed by atoms with Crippen LogP contribution >= 0.6 is 0 Å². The maximum atomic E-state index is 12.8. The second-order valence-electron chi connectivity index (χ2n) is 8.48. The van der Waals surface area contributed by atoms with Crippen molar-refractivity contribution in [1.82, 2.24) is 30.0 Å². The van der Waals surface area contributed by atoms with Gasteiger partial charge in [0.15, 0.2) is 0 Å². The molecule has 0 spiro atoms. The predicted molar refractivity (Wildman–Crippen MR) is 119 cm³/mol. The molecule has 1 unspecified atom stereocenters. The fraction of sp³-hybridized carbons (Fsp3) is 0.375. The molecule has 33 heavy (non-hydrogen) atoms. The maximum Gasteiger partial charge on any atom is 0.227 e. The van der Waals surface area contributed by atoms with Gasteiger partial charge >= 0.3 is 0 Å². The molecule has 2 aliphatic heterocycles. The number of piperazine rings is 1. The summed E-state index contributed by atoms with van der Waals surface area (Å²) in [7, 11) is 0. The van der Waals surface area contributed by atoms with Crippen LogP contribution in [0.5, 0.6) is 0 Å². The van der Waals surface area contributed by atoms with Gasteiger partial charge in [-0.2, -0.15) is 5.26 Å². The number of tetrazole rings is 1. The lowest BCUT2D eigenvalue weighted by Gasteiger charge is -2.37. The standard InChI is InChI=1S/C24H25N7O2/c25-13-19-2-1-3-22-20(15-33-16-23(19)22)14-29-8-10-30(11-9-29)24(32)12-18-4-6-21(7-5-18)31-17-26-27-28-31/h1-7,17,20H,8-12,14-16H2. The summed E-state index contributed by atoms with van der Waals surface area (Å²) in [5.74, 6) is 0.401. The lowest BCUT2D eigenvalue weighted by atomic mass is 9.89. The van der Waals surface area contributed by atoms with E-state index in [1.54, 1.807) is 11.0 Å². The Morgan fingerprint density at radius 1 is 1.12 bits per heavy atom. The first-order valence-electron chi connectivity index (χ1n) is 11.1. The number of aromatic nitrogens is 4. The highest BCUT2D eigenvalue weighted by molar-refractivity contribution is 5.79. The number of fused-ring (bicyclic) bond motifs is 1. The zero-order chi connectivity index (χ0) is 22.6. The smallest absolute Gasteiger partial charge is 0.227 e. The van der Waals surface area contributed by atoms with Crippen molar-refractivity contribution in [3.63, 3.8) is 0 Å². The van der Waals surface area contributed by atoms with E-state index in [0.29, 0.717) is 25.2 Å². The molecule has 1 saturated heterocycles. The van der Waals surface area contributed by atoms with E-state index in [-0.39, 0.29) is 11.8 Å². The molecule has 5 rings (SSSR count). The summed E-state index contributed by atoms with van der Waals surface area (Å²) in [6.45, 7) is 5.18. The van der Waals surface area contributed by atoms with Crippen LogP contribution in [0.3, 0.4) is 0 Å².